The zero-order chi connectivity index (χ0) is 13.5. The van der Waals surface area contributed by atoms with Gasteiger partial charge in [0.15, 0.2) is 0 Å². The summed E-state index contributed by atoms with van der Waals surface area (Å²) in [5.41, 5.74) is 0.816. The second-order valence-corrected chi connectivity index (χ2v) is 6.36. The molecule has 0 heterocycles. The number of anilines is 1. The third-order valence-electron chi connectivity index (χ3n) is 3.70. The number of nitrogens with one attached hydrogen (secondary N) is 1. The zero-order valence-corrected chi connectivity index (χ0v) is 12.3. The fourth-order valence-corrected chi connectivity index (χ4v) is 2.81. The monoisotopic (exact) mass is 362 g/mol. The Morgan fingerprint density at radius 1 is 1.56 bits per heavy atom. The first-order chi connectivity index (χ1) is 8.32. The van der Waals surface area contributed by atoms with E-state index in [4.69, 9.17) is 0 Å². The van der Waals surface area contributed by atoms with Crippen molar-refractivity contribution in [2.75, 3.05) is 5.32 Å². The Balaban J connectivity index is 2.12. The Hall–Kier alpha value is -0.890. The van der Waals surface area contributed by atoms with Gasteiger partial charge in [-0.1, -0.05) is 13.8 Å². The average Bonchev–Trinajstić information content (AvgIpc) is 2.28. The number of nitrogens with zero attached hydrogens (tertiary/aromatic N) is 1. The predicted octanol–water partition coefficient (Wildman–Crippen LogP) is 2.77. The Labute approximate surface area is 119 Å². The molecule has 0 saturated heterocycles. The van der Waals surface area contributed by atoms with Gasteiger partial charge in [0.25, 0.3) is 5.69 Å². The van der Waals surface area contributed by atoms with E-state index in [1.54, 1.807) is 12.1 Å². The van der Waals surface area contributed by atoms with E-state index in [1.807, 2.05) is 36.4 Å². The summed E-state index contributed by atoms with van der Waals surface area (Å²) < 4.78 is 0.611. The summed E-state index contributed by atoms with van der Waals surface area (Å²) in [6.07, 6.45) is 0.424. The van der Waals surface area contributed by atoms with Crippen molar-refractivity contribution in [2.24, 2.45) is 5.41 Å². The van der Waals surface area contributed by atoms with Crippen LogP contribution in [-0.2, 0) is 0 Å². The maximum absolute atomic E-state index is 10.7. The minimum Gasteiger partial charge on any atom is -0.392 e. The quantitative estimate of drug-likeness (QED) is 0.493. The van der Waals surface area contributed by atoms with Crippen molar-refractivity contribution in [1.82, 2.24) is 0 Å². The summed E-state index contributed by atoms with van der Waals surface area (Å²) in [5.74, 6) is 0. The summed E-state index contributed by atoms with van der Waals surface area (Å²) in [5, 5.41) is 23.7. The van der Waals surface area contributed by atoms with Crippen molar-refractivity contribution in [3.8, 4) is 0 Å². The van der Waals surface area contributed by atoms with Crippen LogP contribution in [-0.4, -0.2) is 22.2 Å². The number of aliphatic hydroxyl groups is 1. The molecule has 1 saturated carbocycles. The van der Waals surface area contributed by atoms with Crippen LogP contribution in [0.3, 0.4) is 0 Å². The summed E-state index contributed by atoms with van der Waals surface area (Å²) >= 11 is 1.96. The van der Waals surface area contributed by atoms with Crippen LogP contribution in [0.5, 0.6) is 0 Å². The Bertz CT molecular complexity index is 490. The van der Waals surface area contributed by atoms with Crippen LogP contribution in [0.15, 0.2) is 18.2 Å². The highest BCUT2D eigenvalue weighted by Gasteiger charge is 2.47. The molecule has 0 aromatic heterocycles. The summed E-state index contributed by atoms with van der Waals surface area (Å²) in [7, 11) is 0. The number of nitro benzene ring substituents is 1. The smallest absolute Gasteiger partial charge is 0.282 e. The fraction of sp³-hybridized carbons (Fsp3) is 0.500. The van der Waals surface area contributed by atoms with E-state index in [2.05, 4.69) is 5.32 Å². The van der Waals surface area contributed by atoms with E-state index < -0.39 is 0 Å². The van der Waals surface area contributed by atoms with Crippen molar-refractivity contribution in [2.45, 2.75) is 32.4 Å². The maximum Gasteiger partial charge on any atom is 0.282 e. The molecule has 1 aliphatic rings. The molecule has 0 spiro atoms. The van der Waals surface area contributed by atoms with Crippen LogP contribution in [0.4, 0.5) is 11.4 Å². The molecule has 0 radical (unpaired) electrons. The van der Waals surface area contributed by atoms with Crippen LogP contribution < -0.4 is 5.32 Å². The summed E-state index contributed by atoms with van der Waals surface area (Å²) in [4.78, 5) is 10.3. The number of benzene rings is 1. The lowest BCUT2D eigenvalue weighted by molar-refractivity contribution is -0.385. The zero-order valence-electron chi connectivity index (χ0n) is 10.2. The third-order valence-corrected chi connectivity index (χ3v) is 4.57. The van der Waals surface area contributed by atoms with E-state index in [9.17, 15) is 15.2 Å². The molecule has 2 rings (SSSR count). The molecule has 2 unspecified atom stereocenters. The lowest BCUT2D eigenvalue weighted by Crippen LogP contribution is -2.56. The molecule has 98 valence electrons. The third kappa shape index (κ3) is 2.31. The van der Waals surface area contributed by atoms with Crippen LogP contribution in [0.2, 0.25) is 0 Å². The Morgan fingerprint density at radius 2 is 2.22 bits per heavy atom. The van der Waals surface area contributed by atoms with E-state index in [1.165, 1.54) is 6.07 Å². The van der Waals surface area contributed by atoms with Gasteiger partial charge in [-0.05, 0) is 41.1 Å². The van der Waals surface area contributed by atoms with Crippen molar-refractivity contribution in [3.63, 3.8) is 0 Å². The molecular weight excluding hydrogens is 347 g/mol. The van der Waals surface area contributed by atoms with Crippen molar-refractivity contribution < 1.29 is 10.0 Å². The molecule has 1 aromatic rings. The average molecular weight is 362 g/mol. The van der Waals surface area contributed by atoms with Crippen molar-refractivity contribution >= 4 is 34.0 Å². The number of nitro groups is 1. The minimum absolute atomic E-state index is 0.119. The van der Waals surface area contributed by atoms with E-state index in [-0.39, 0.29) is 28.2 Å². The van der Waals surface area contributed by atoms with E-state index in [0.29, 0.717) is 9.99 Å². The van der Waals surface area contributed by atoms with Gasteiger partial charge < -0.3 is 10.4 Å². The molecule has 1 aromatic carbocycles. The molecule has 18 heavy (non-hydrogen) atoms. The lowest BCUT2D eigenvalue weighted by Gasteiger charge is -2.49. The van der Waals surface area contributed by atoms with Crippen LogP contribution >= 0.6 is 22.6 Å². The lowest BCUT2D eigenvalue weighted by atomic mass is 9.64. The molecule has 5 nitrogen and oxygen atoms in total. The number of halogens is 1. The van der Waals surface area contributed by atoms with Gasteiger partial charge >= 0.3 is 0 Å². The minimum atomic E-state index is -0.386. The molecule has 2 atom stereocenters. The molecule has 1 aliphatic carbocycles. The largest absolute Gasteiger partial charge is 0.392 e. The highest BCUT2D eigenvalue weighted by atomic mass is 127. The summed E-state index contributed by atoms with van der Waals surface area (Å²) in [6, 6.07) is 5.18. The standard InChI is InChI=1S/C12H15IN2O3/c1-12(2)10(6-11(12)16)14-7-3-4-9(15(17)18)8(13)5-7/h3-5,10-11,14,16H,6H2,1-2H3. The van der Waals surface area contributed by atoms with Gasteiger partial charge in [-0.2, -0.15) is 0 Å². The number of rotatable bonds is 3. The summed E-state index contributed by atoms with van der Waals surface area (Å²) in [6.45, 7) is 4.02. The van der Waals surface area contributed by atoms with Crippen molar-refractivity contribution in [1.29, 1.82) is 0 Å². The van der Waals surface area contributed by atoms with Gasteiger partial charge in [0.1, 0.15) is 0 Å². The number of hydrogen-bond acceptors (Lipinski definition) is 4. The highest BCUT2D eigenvalue weighted by Crippen LogP contribution is 2.42. The second-order valence-electron chi connectivity index (χ2n) is 5.19. The molecule has 0 aliphatic heterocycles. The predicted molar refractivity (Wildman–Crippen MR) is 77.6 cm³/mol. The Kier molecular flexibility index (Phi) is 3.50. The van der Waals surface area contributed by atoms with Crippen LogP contribution in [0.1, 0.15) is 20.3 Å². The van der Waals surface area contributed by atoms with Gasteiger partial charge in [-0.3, -0.25) is 10.1 Å². The van der Waals surface area contributed by atoms with Gasteiger partial charge in [-0.15, -0.1) is 0 Å². The molecule has 2 N–H and O–H groups in total. The molecule has 6 heteroatoms. The van der Waals surface area contributed by atoms with Gasteiger partial charge in [0.2, 0.25) is 0 Å². The van der Waals surface area contributed by atoms with Crippen LogP contribution in [0.25, 0.3) is 0 Å². The topological polar surface area (TPSA) is 75.4 Å². The molecular formula is C12H15IN2O3. The van der Waals surface area contributed by atoms with E-state index >= 15 is 0 Å². The maximum atomic E-state index is 10.7. The molecule has 1 fully saturated rings. The van der Waals surface area contributed by atoms with Gasteiger partial charge in [-0.25, -0.2) is 0 Å². The molecule has 0 amide bonds. The fourth-order valence-electron chi connectivity index (χ4n) is 2.09. The first kappa shape index (κ1) is 13.5. The highest BCUT2D eigenvalue weighted by molar-refractivity contribution is 14.1. The normalized spacial score (nSPS) is 25.3. The Morgan fingerprint density at radius 3 is 2.67 bits per heavy atom. The SMILES string of the molecule is CC1(C)C(O)CC1Nc1ccc([N+](=O)[O-])c(I)c1. The van der Waals surface area contributed by atoms with Crippen molar-refractivity contribution in [3.05, 3.63) is 31.9 Å². The second kappa shape index (κ2) is 4.65. The number of hydrogen-bond donors (Lipinski definition) is 2. The number of aliphatic hydroxyl groups excluding tert-OH is 1. The molecule has 0 bridgehead atoms. The van der Waals surface area contributed by atoms with Gasteiger partial charge in [0, 0.05) is 23.2 Å². The van der Waals surface area contributed by atoms with E-state index in [0.717, 1.165) is 5.69 Å². The first-order valence-electron chi connectivity index (χ1n) is 5.71. The van der Waals surface area contributed by atoms with Crippen LogP contribution in [0, 0.1) is 19.1 Å². The van der Waals surface area contributed by atoms with Gasteiger partial charge in [0.05, 0.1) is 14.6 Å². The first-order valence-corrected chi connectivity index (χ1v) is 6.79.